The Labute approximate surface area is 397 Å². The standard InChI is InChI=1S/C54H66N4O10/c1-5-9-13-23-41(59)65-31-53(32-66-42(60)24-14-10-6-2)55-39-21-17-19-35-27-29-37(49(57-53)45(35)39)47-51(63)48(52(47)64)38-30-28-36-20-18-22-40-46(36)50(38)58-54(56-40,33-67-43(61)25-15-11-7-3)34-68-44(62)26-16-12-8-4/h17-22,27-30,55-57,63H,5-16,23-26,31-34H2,1-4H3/p+2. The number of hydrogen-bond donors (Lipinski definition) is 5. The van der Waals surface area contributed by atoms with E-state index < -0.39 is 11.3 Å². The molecule has 0 radical (unpaired) electrons. The number of hydrogen-bond acceptors (Lipinski definition) is 12. The monoisotopic (exact) mass is 932 g/mol. The fraction of sp³-hybridized carbons (Fsp3) is 0.481. The van der Waals surface area contributed by atoms with Crippen LogP contribution < -0.4 is 31.5 Å². The van der Waals surface area contributed by atoms with Gasteiger partial charge in [0.15, 0.2) is 24.6 Å². The van der Waals surface area contributed by atoms with Crippen LogP contribution in [0.1, 0.15) is 136 Å². The van der Waals surface area contributed by atoms with Gasteiger partial charge in [0.05, 0.1) is 22.0 Å². The highest BCUT2D eigenvalue weighted by Gasteiger charge is 2.48. The molecular formula is C54H68N4O10+2. The Bertz CT molecular complexity index is 2660. The molecule has 0 saturated carbocycles. The van der Waals surface area contributed by atoms with E-state index in [1.54, 1.807) is 0 Å². The van der Waals surface area contributed by atoms with Gasteiger partial charge >= 0.3 is 35.3 Å². The van der Waals surface area contributed by atoms with E-state index in [1.165, 1.54) is 0 Å². The first kappa shape index (κ1) is 49.5. The molecule has 2 heterocycles. The molecule has 1 aliphatic carbocycles. The van der Waals surface area contributed by atoms with Crippen LogP contribution in [0.4, 0.5) is 17.1 Å². The smallest absolute Gasteiger partial charge is 0.363 e. The molecule has 0 saturated heterocycles. The molecule has 362 valence electrons. The van der Waals surface area contributed by atoms with Crippen molar-refractivity contribution in [3.8, 4) is 0 Å². The van der Waals surface area contributed by atoms with E-state index in [-0.39, 0.29) is 98.7 Å². The molecule has 6 N–H and O–H groups in total. The van der Waals surface area contributed by atoms with Crippen molar-refractivity contribution >= 4 is 79.4 Å². The van der Waals surface area contributed by atoms with E-state index in [0.29, 0.717) is 58.9 Å². The lowest BCUT2D eigenvalue weighted by Gasteiger charge is -2.41. The molecule has 3 aliphatic rings. The summed E-state index contributed by atoms with van der Waals surface area (Å²) in [6, 6.07) is 18.9. The lowest BCUT2D eigenvalue weighted by molar-refractivity contribution is -0.589. The summed E-state index contributed by atoms with van der Waals surface area (Å²) in [5, 5.41) is 27.1. The summed E-state index contributed by atoms with van der Waals surface area (Å²) in [6.07, 6.45) is 11.1. The predicted molar refractivity (Wildman–Crippen MR) is 264 cm³/mol. The number of unbranched alkanes of at least 4 members (excludes halogenated alkanes) is 8. The molecule has 0 bridgehead atoms. The largest absolute Gasteiger partial charge is 0.506 e. The molecular weight excluding hydrogens is 865 g/mol. The van der Waals surface area contributed by atoms with Crippen LogP contribution in [-0.4, -0.2) is 77.3 Å². The van der Waals surface area contributed by atoms with Gasteiger partial charge in [-0.3, -0.25) is 24.0 Å². The van der Waals surface area contributed by atoms with Gasteiger partial charge < -0.3 is 40.0 Å². The SMILES string of the molecule is CCCCCC(=O)OCC1(COC(=O)CCCCC)Nc2cccc3ccc(C4=C(O)C(=c5ccc6cccc7c6c5=[NH+]C(COC(=O)CCCCC)(COC(=O)CCCCC)N7)C4=[OH+])c(c23)N1. The van der Waals surface area contributed by atoms with E-state index in [4.69, 9.17) is 18.9 Å². The number of esters is 4. The fourth-order valence-corrected chi connectivity index (χ4v) is 9.17. The number of benzene rings is 4. The molecule has 0 spiro atoms. The fourth-order valence-electron chi connectivity index (χ4n) is 9.17. The quantitative estimate of drug-likeness (QED) is 0.0190. The molecule has 7 rings (SSSR count). The third kappa shape index (κ3) is 11.1. The average Bonchev–Trinajstić information content (AvgIpc) is 3.33. The molecule has 14 nitrogen and oxygen atoms in total. The van der Waals surface area contributed by atoms with Crippen molar-refractivity contribution in [2.24, 2.45) is 0 Å². The number of rotatable bonds is 25. The van der Waals surface area contributed by atoms with Gasteiger partial charge in [0, 0.05) is 42.3 Å². The van der Waals surface area contributed by atoms with Crippen molar-refractivity contribution < 1.29 is 53.0 Å². The number of nitrogens with one attached hydrogen (secondary N) is 4. The summed E-state index contributed by atoms with van der Waals surface area (Å²) in [7, 11) is 0. The summed E-state index contributed by atoms with van der Waals surface area (Å²) >= 11 is 0. The maximum absolute atomic E-state index is 13.0. The first-order chi connectivity index (χ1) is 33.0. The first-order valence-corrected chi connectivity index (χ1v) is 24.7. The Morgan fingerprint density at radius 2 is 1.03 bits per heavy atom. The maximum Gasteiger partial charge on any atom is 0.363 e. The van der Waals surface area contributed by atoms with Gasteiger partial charge in [-0.25, -0.2) is 4.99 Å². The minimum atomic E-state index is -1.31. The Morgan fingerprint density at radius 3 is 1.53 bits per heavy atom. The van der Waals surface area contributed by atoms with Crippen LogP contribution in [0.5, 0.6) is 0 Å². The van der Waals surface area contributed by atoms with Crippen molar-refractivity contribution in [1.29, 1.82) is 0 Å². The van der Waals surface area contributed by atoms with Crippen LogP contribution >= 0.6 is 0 Å². The van der Waals surface area contributed by atoms with E-state index in [9.17, 15) is 29.1 Å². The predicted octanol–water partition coefficient (Wildman–Crippen LogP) is 7.52. The highest BCUT2D eigenvalue weighted by molar-refractivity contribution is 6.53. The molecule has 68 heavy (non-hydrogen) atoms. The number of aliphatic hydroxyl groups is 1. The first-order valence-electron chi connectivity index (χ1n) is 24.7. The number of anilines is 3. The molecule has 14 heteroatoms. The second-order valence-corrected chi connectivity index (χ2v) is 18.4. The summed E-state index contributed by atoms with van der Waals surface area (Å²) in [5.41, 5.74) is 0.137. The third-order valence-electron chi connectivity index (χ3n) is 12.9. The van der Waals surface area contributed by atoms with Gasteiger partial charge in [-0.15, -0.1) is 0 Å². The van der Waals surface area contributed by atoms with Gasteiger partial charge in [-0.1, -0.05) is 122 Å². The Hall–Kier alpha value is -6.44. The zero-order chi connectivity index (χ0) is 48.3. The van der Waals surface area contributed by atoms with Crippen molar-refractivity contribution in [1.82, 2.24) is 0 Å². The van der Waals surface area contributed by atoms with Crippen LogP contribution in [0, 0.1) is 0 Å². The highest BCUT2D eigenvalue weighted by atomic mass is 16.6. The normalized spacial score (nSPS) is 15.9. The summed E-state index contributed by atoms with van der Waals surface area (Å²) in [5.74, 6) is -1.83. The summed E-state index contributed by atoms with van der Waals surface area (Å²) in [6.45, 7) is 7.51. The van der Waals surface area contributed by atoms with Crippen molar-refractivity contribution in [2.45, 2.75) is 142 Å². The average molecular weight is 933 g/mol. The van der Waals surface area contributed by atoms with Crippen LogP contribution in [0.25, 0.3) is 32.7 Å². The van der Waals surface area contributed by atoms with Crippen LogP contribution in [0.15, 0.2) is 66.4 Å². The second-order valence-electron chi connectivity index (χ2n) is 18.4. The van der Waals surface area contributed by atoms with E-state index in [2.05, 4.69) is 48.6 Å². The zero-order valence-corrected chi connectivity index (χ0v) is 40.1. The molecule has 4 aromatic rings. The number of allylic oxidation sites excluding steroid dienone is 2. The van der Waals surface area contributed by atoms with E-state index in [1.807, 2.05) is 60.7 Å². The minimum Gasteiger partial charge on any atom is -0.506 e. The third-order valence-corrected chi connectivity index (χ3v) is 12.9. The van der Waals surface area contributed by atoms with Crippen molar-refractivity contribution in [3.63, 3.8) is 0 Å². The molecule has 2 aliphatic heterocycles. The van der Waals surface area contributed by atoms with Crippen LogP contribution in [0.2, 0.25) is 0 Å². The van der Waals surface area contributed by atoms with E-state index >= 15 is 0 Å². The Balaban J connectivity index is 1.31. The lowest BCUT2D eigenvalue weighted by atomic mass is 9.80. The zero-order valence-electron chi connectivity index (χ0n) is 40.1. The van der Waals surface area contributed by atoms with Gasteiger partial charge in [0.1, 0.15) is 24.4 Å². The lowest BCUT2D eigenvalue weighted by Crippen LogP contribution is -2.98. The second kappa shape index (κ2) is 22.6. The van der Waals surface area contributed by atoms with Gasteiger partial charge in [0.2, 0.25) is 5.36 Å². The van der Waals surface area contributed by atoms with Crippen molar-refractivity contribution in [2.75, 3.05) is 42.4 Å². The molecule has 0 fully saturated rings. The Morgan fingerprint density at radius 1 is 0.559 bits per heavy atom. The summed E-state index contributed by atoms with van der Waals surface area (Å²) < 4.78 is 23.5. The molecule has 0 unspecified atom stereocenters. The van der Waals surface area contributed by atoms with Crippen LogP contribution in [0.3, 0.4) is 0 Å². The number of carbonyl (C=O) groups excluding carboxylic acids is 5. The molecule has 0 amide bonds. The Kier molecular flexibility index (Phi) is 16.4. The summed E-state index contributed by atoms with van der Waals surface area (Å²) in [4.78, 5) is 68.0. The van der Waals surface area contributed by atoms with Crippen molar-refractivity contribution in [3.05, 3.63) is 82.6 Å². The number of carbonyl (C=O) groups is 4. The number of ketones is 1. The van der Waals surface area contributed by atoms with Gasteiger partial charge in [-0.2, -0.15) is 0 Å². The number of aliphatic hydroxyl groups excluding tert-OH is 1. The molecule has 4 aromatic carbocycles. The highest BCUT2D eigenvalue weighted by Crippen LogP contribution is 2.47. The molecule has 0 aromatic heterocycles. The molecule has 0 atom stereocenters. The van der Waals surface area contributed by atoms with E-state index in [0.717, 1.165) is 72.9 Å². The van der Waals surface area contributed by atoms with Gasteiger partial charge in [0.25, 0.3) is 0 Å². The van der Waals surface area contributed by atoms with Crippen LogP contribution in [-0.2, 0) is 38.1 Å². The van der Waals surface area contributed by atoms with Gasteiger partial charge in [-0.05, 0) is 54.7 Å². The number of ether oxygens (including phenoxy) is 4. The minimum absolute atomic E-state index is 0.171. The maximum atomic E-state index is 13.0. The topological polar surface area (TPSA) is 197 Å².